The van der Waals surface area contributed by atoms with Gasteiger partial charge in [0.05, 0.1) is 6.61 Å². The quantitative estimate of drug-likeness (QED) is 0.413. The van der Waals surface area contributed by atoms with Gasteiger partial charge in [0, 0.05) is 32.2 Å². The van der Waals surface area contributed by atoms with Crippen LogP contribution in [0.1, 0.15) is 25.3 Å². The molecule has 0 amide bonds. The smallest absolute Gasteiger partial charge is 0.550 e. The Bertz CT molecular complexity index is 401. The molecule has 0 saturated carbocycles. The molecule has 0 aromatic heterocycles. The van der Waals surface area contributed by atoms with E-state index in [1.807, 2.05) is 6.92 Å². The van der Waals surface area contributed by atoms with Gasteiger partial charge in [0.15, 0.2) is 5.79 Å². The normalized spacial score (nSPS) is 10.8. The molecular formula is C14H19KO5. The number of hydrogen-bond acceptors (Lipinski definition) is 5. The third-order valence-corrected chi connectivity index (χ3v) is 2.92. The molecule has 1 aromatic rings. The fraction of sp³-hybridized carbons (Fsp3) is 0.500. The minimum Gasteiger partial charge on any atom is -0.550 e. The standard InChI is InChI=1S/C14H20O5.K/c1-4-19-12-7-5-11(6-8-12)14(17-2,18-3)10-9-13(15)16;/h5-8H,4,9-10H2,1-3H3,(H,15,16);/q;+1/p-1. The first kappa shape index (κ1) is 20.0. The molecule has 0 fully saturated rings. The van der Waals surface area contributed by atoms with Crippen LogP contribution in [0.2, 0.25) is 0 Å². The van der Waals surface area contributed by atoms with Gasteiger partial charge in [-0.3, -0.25) is 0 Å². The number of carboxylic acid groups (broad SMARTS) is 1. The van der Waals surface area contributed by atoms with Crippen LogP contribution in [0.3, 0.4) is 0 Å². The van der Waals surface area contributed by atoms with Crippen molar-refractivity contribution >= 4 is 5.97 Å². The van der Waals surface area contributed by atoms with E-state index in [-0.39, 0.29) is 64.2 Å². The van der Waals surface area contributed by atoms with Crippen molar-refractivity contribution in [3.05, 3.63) is 29.8 Å². The molecule has 6 heteroatoms. The van der Waals surface area contributed by atoms with Gasteiger partial charge in [0.1, 0.15) is 5.75 Å². The molecule has 5 nitrogen and oxygen atoms in total. The number of hydrogen-bond donors (Lipinski definition) is 0. The van der Waals surface area contributed by atoms with Gasteiger partial charge in [-0.05, 0) is 37.6 Å². The first-order valence-electron chi connectivity index (χ1n) is 6.11. The van der Waals surface area contributed by atoms with Crippen LogP contribution in [0.25, 0.3) is 0 Å². The summed E-state index contributed by atoms with van der Waals surface area (Å²) in [6, 6.07) is 7.19. The van der Waals surface area contributed by atoms with Crippen LogP contribution in [-0.4, -0.2) is 26.8 Å². The molecule has 0 unspecified atom stereocenters. The zero-order valence-corrected chi connectivity index (χ0v) is 15.6. The molecule has 1 aromatic carbocycles. The summed E-state index contributed by atoms with van der Waals surface area (Å²) in [5.41, 5.74) is 0.738. The van der Waals surface area contributed by atoms with Crippen molar-refractivity contribution in [1.82, 2.24) is 0 Å². The molecule has 0 aliphatic rings. The van der Waals surface area contributed by atoms with Crippen LogP contribution < -0.4 is 61.2 Å². The molecule has 0 heterocycles. The van der Waals surface area contributed by atoms with Gasteiger partial charge in [-0.25, -0.2) is 0 Å². The van der Waals surface area contributed by atoms with Gasteiger partial charge in [0.25, 0.3) is 0 Å². The van der Waals surface area contributed by atoms with Crippen molar-refractivity contribution in [3.63, 3.8) is 0 Å². The number of benzene rings is 1. The van der Waals surface area contributed by atoms with Crippen LogP contribution in [-0.2, 0) is 20.1 Å². The number of aliphatic carboxylic acids is 1. The van der Waals surface area contributed by atoms with Crippen molar-refractivity contribution in [2.24, 2.45) is 0 Å². The number of carbonyl (C=O) groups excluding carboxylic acids is 1. The van der Waals surface area contributed by atoms with E-state index in [4.69, 9.17) is 14.2 Å². The van der Waals surface area contributed by atoms with Crippen LogP contribution in [0.5, 0.6) is 5.75 Å². The van der Waals surface area contributed by atoms with E-state index in [0.29, 0.717) is 6.61 Å². The van der Waals surface area contributed by atoms with Gasteiger partial charge in [0.2, 0.25) is 0 Å². The van der Waals surface area contributed by atoms with Gasteiger partial charge < -0.3 is 24.1 Å². The summed E-state index contributed by atoms with van der Waals surface area (Å²) in [5.74, 6) is -1.47. The van der Waals surface area contributed by atoms with E-state index in [9.17, 15) is 9.90 Å². The summed E-state index contributed by atoms with van der Waals surface area (Å²) in [6.07, 6.45) is 0.0329. The van der Waals surface area contributed by atoms with E-state index in [1.165, 1.54) is 14.2 Å². The molecule has 0 atom stereocenters. The summed E-state index contributed by atoms with van der Waals surface area (Å²) in [7, 11) is 2.96. The predicted molar refractivity (Wildman–Crippen MR) is 67.5 cm³/mol. The van der Waals surface area contributed by atoms with Crippen molar-refractivity contribution in [2.75, 3.05) is 20.8 Å². The number of carbonyl (C=O) groups is 1. The second-order valence-electron chi connectivity index (χ2n) is 3.99. The Hall–Kier alpha value is 0.0464. The minimum absolute atomic E-state index is 0. The van der Waals surface area contributed by atoms with Crippen LogP contribution in [0.15, 0.2) is 24.3 Å². The molecule has 1 rings (SSSR count). The molecule has 106 valence electrons. The SMILES string of the molecule is CCOc1ccc(C(CCC(=O)[O-])(OC)OC)cc1.[K+]. The third-order valence-electron chi connectivity index (χ3n) is 2.92. The maximum atomic E-state index is 10.6. The van der Waals surface area contributed by atoms with E-state index in [1.54, 1.807) is 24.3 Å². The predicted octanol–water partition coefficient (Wildman–Crippen LogP) is -1.93. The zero-order valence-electron chi connectivity index (χ0n) is 12.5. The second-order valence-corrected chi connectivity index (χ2v) is 3.99. The summed E-state index contributed by atoms with van der Waals surface area (Å²) < 4.78 is 16.1. The molecule has 0 aliphatic carbocycles. The average molecular weight is 306 g/mol. The largest absolute Gasteiger partial charge is 1.00 e. The molecule has 20 heavy (non-hydrogen) atoms. The van der Waals surface area contributed by atoms with Gasteiger partial charge in [-0.1, -0.05) is 0 Å². The molecule has 0 bridgehead atoms. The van der Waals surface area contributed by atoms with Gasteiger partial charge in [-0.15, -0.1) is 0 Å². The Morgan fingerprint density at radius 2 is 1.75 bits per heavy atom. The Balaban J connectivity index is 0.00000361. The third kappa shape index (κ3) is 5.44. The average Bonchev–Trinajstić information content (AvgIpc) is 2.42. The number of ether oxygens (including phenoxy) is 3. The Kier molecular flexibility index (Phi) is 9.91. The van der Waals surface area contributed by atoms with Crippen molar-refractivity contribution in [3.8, 4) is 5.75 Å². The second kappa shape index (κ2) is 9.89. The van der Waals surface area contributed by atoms with Crippen LogP contribution in [0, 0.1) is 0 Å². The minimum atomic E-state index is -1.13. The summed E-state index contributed by atoms with van der Waals surface area (Å²) in [5, 5.41) is 10.6. The van der Waals surface area contributed by atoms with E-state index in [2.05, 4.69) is 0 Å². The number of methoxy groups -OCH3 is 2. The van der Waals surface area contributed by atoms with E-state index < -0.39 is 11.8 Å². The molecule has 0 saturated heterocycles. The van der Waals surface area contributed by atoms with Crippen molar-refractivity contribution in [1.29, 1.82) is 0 Å². The fourth-order valence-corrected chi connectivity index (χ4v) is 1.91. The number of carboxylic acids is 1. The summed E-state index contributed by atoms with van der Waals surface area (Å²) in [4.78, 5) is 10.6. The molecule has 0 N–H and O–H groups in total. The maximum absolute atomic E-state index is 10.6. The molecular weight excluding hydrogens is 287 g/mol. The van der Waals surface area contributed by atoms with Crippen LogP contribution in [0.4, 0.5) is 0 Å². The van der Waals surface area contributed by atoms with E-state index >= 15 is 0 Å². The van der Waals surface area contributed by atoms with Gasteiger partial charge in [-0.2, -0.15) is 0 Å². The Morgan fingerprint density at radius 1 is 1.20 bits per heavy atom. The Morgan fingerprint density at radius 3 is 2.15 bits per heavy atom. The van der Waals surface area contributed by atoms with Gasteiger partial charge >= 0.3 is 51.4 Å². The summed E-state index contributed by atoms with van der Waals surface area (Å²) in [6.45, 7) is 2.49. The summed E-state index contributed by atoms with van der Waals surface area (Å²) >= 11 is 0. The molecule has 0 spiro atoms. The van der Waals surface area contributed by atoms with Crippen molar-refractivity contribution < 1.29 is 75.5 Å². The monoisotopic (exact) mass is 306 g/mol. The first-order chi connectivity index (χ1) is 9.07. The number of rotatable bonds is 8. The van der Waals surface area contributed by atoms with E-state index in [0.717, 1.165) is 11.3 Å². The van der Waals surface area contributed by atoms with Crippen molar-refractivity contribution in [2.45, 2.75) is 25.6 Å². The molecule has 0 radical (unpaired) electrons. The fourth-order valence-electron chi connectivity index (χ4n) is 1.91. The Labute approximate surface area is 162 Å². The maximum Gasteiger partial charge on any atom is 1.00 e. The molecule has 0 aliphatic heterocycles. The topological polar surface area (TPSA) is 67.8 Å². The van der Waals surface area contributed by atoms with Crippen LogP contribution >= 0.6 is 0 Å². The first-order valence-corrected chi connectivity index (χ1v) is 6.11. The zero-order chi connectivity index (χ0) is 14.3.